The molecule has 17 heavy (non-hydrogen) atoms. The van der Waals surface area contributed by atoms with Gasteiger partial charge in [-0.25, -0.2) is 0 Å². The van der Waals surface area contributed by atoms with Crippen molar-refractivity contribution >= 4 is 5.69 Å². The fraction of sp³-hybridized carbons (Fsp3) is 0.625. The summed E-state index contributed by atoms with van der Waals surface area (Å²) >= 11 is 0. The zero-order chi connectivity index (χ0) is 12.1. The van der Waals surface area contributed by atoms with Gasteiger partial charge < -0.3 is 4.90 Å². The van der Waals surface area contributed by atoms with Crippen molar-refractivity contribution in [3.05, 3.63) is 29.8 Å². The Labute approximate surface area is 106 Å². The van der Waals surface area contributed by atoms with Gasteiger partial charge in [-0.1, -0.05) is 38.3 Å². The first-order valence-corrected chi connectivity index (χ1v) is 7.12. The summed E-state index contributed by atoms with van der Waals surface area (Å²) in [4.78, 5) is 2.34. The summed E-state index contributed by atoms with van der Waals surface area (Å²) in [6, 6.07) is 9.27. The normalized spacial score (nSPS) is 17.1. The Morgan fingerprint density at radius 3 is 2.29 bits per heavy atom. The van der Waals surface area contributed by atoms with E-state index >= 15 is 0 Å². The van der Waals surface area contributed by atoms with Crippen LogP contribution in [0.5, 0.6) is 0 Å². The molecule has 0 amide bonds. The summed E-state index contributed by atoms with van der Waals surface area (Å²) in [6.07, 6.45) is 8.27. The minimum atomic E-state index is 0.828. The van der Waals surface area contributed by atoms with Crippen LogP contribution in [0.25, 0.3) is 0 Å². The van der Waals surface area contributed by atoms with Gasteiger partial charge >= 0.3 is 0 Å². The highest BCUT2D eigenvalue weighted by molar-refractivity contribution is 5.47. The second-order valence-corrected chi connectivity index (χ2v) is 5.35. The van der Waals surface area contributed by atoms with Crippen LogP contribution in [0.3, 0.4) is 0 Å². The van der Waals surface area contributed by atoms with Crippen molar-refractivity contribution in [2.75, 3.05) is 18.5 Å². The quantitative estimate of drug-likeness (QED) is 0.733. The van der Waals surface area contributed by atoms with Crippen LogP contribution in [-0.4, -0.2) is 13.6 Å². The van der Waals surface area contributed by atoms with Gasteiger partial charge in [0.2, 0.25) is 0 Å². The van der Waals surface area contributed by atoms with Crippen LogP contribution in [0.15, 0.2) is 24.3 Å². The maximum absolute atomic E-state index is 2.34. The van der Waals surface area contributed by atoms with E-state index in [1.165, 1.54) is 44.2 Å². The molecular formula is C16H25N. The molecule has 94 valence electrons. The first-order chi connectivity index (χ1) is 8.31. The molecule has 1 fully saturated rings. The number of hydrogen-bond donors (Lipinski definition) is 0. The zero-order valence-corrected chi connectivity index (χ0v) is 11.3. The molecule has 1 aliphatic carbocycles. The minimum Gasteiger partial charge on any atom is -0.375 e. The Morgan fingerprint density at radius 2 is 1.71 bits per heavy atom. The average molecular weight is 231 g/mol. The van der Waals surface area contributed by atoms with Crippen molar-refractivity contribution < 1.29 is 0 Å². The number of anilines is 1. The van der Waals surface area contributed by atoms with E-state index in [4.69, 9.17) is 0 Å². The first-order valence-electron chi connectivity index (χ1n) is 7.12. The van der Waals surface area contributed by atoms with Crippen molar-refractivity contribution in [2.45, 2.75) is 51.4 Å². The molecule has 2 rings (SSSR count). The Balaban J connectivity index is 2.01. The predicted octanol–water partition coefficient (Wildman–Crippen LogP) is 4.58. The van der Waals surface area contributed by atoms with E-state index in [1.54, 1.807) is 5.56 Å². The van der Waals surface area contributed by atoms with E-state index in [2.05, 4.69) is 43.1 Å². The van der Waals surface area contributed by atoms with Gasteiger partial charge in [0.05, 0.1) is 0 Å². The molecule has 1 heteroatoms. The van der Waals surface area contributed by atoms with Gasteiger partial charge in [-0.05, 0) is 42.9 Å². The Hall–Kier alpha value is -0.980. The summed E-state index contributed by atoms with van der Waals surface area (Å²) in [7, 11) is 2.18. The van der Waals surface area contributed by atoms with E-state index < -0.39 is 0 Å². The monoisotopic (exact) mass is 231 g/mol. The van der Waals surface area contributed by atoms with Crippen LogP contribution in [0.1, 0.15) is 56.9 Å². The molecule has 0 saturated heterocycles. The van der Waals surface area contributed by atoms with Gasteiger partial charge in [0.15, 0.2) is 0 Å². The summed E-state index contributed by atoms with van der Waals surface area (Å²) in [5, 5.41) is 0. The second kappa shape index (κ2) is 6.09. The Morgan fingerprint density at radius 1 is 1.06 bits per heavy atom. The smallest absolute Gasteiger partial charge is 0.0363 e. The molecule has 0 radical (unpaired) electrons. The third-order valence-corrected chi connectivity index (χ3v) is 3.97. The van der Waals surface area contributed by atoms with Crippen LogP contribution in [0, 0.1) is 0 Å². The summed E-state index contributed by atoms with van der Waals surface area (Å²) in [6.45, 7) is 3.37. The van der Waals surface area contributed by atoms with Crippen molar-refractivity contribution in [1.29, 1.82) is 0 Å². The van der Waals surface area contributed by atoms with Crippen molar-refractivity contribution in [2.24, 2.45) is 0 Å². The largest absolute Gasteiger partial charge is 0.375 e. The molecule has 0 bridgehead atoms. The summed E-state index contributed by atoms with van der Waals surface area (Å²) < 4.78 is 0. The molecule has 0 heterocycles. The lowest BCUT2D eigenvalue weighted by atomic mass is 9.84. The number of hydrogen-bond acceptors (Lipinski definition) is 1. The van der Waals surface area contributed by atoms with E-state index in [1.807, 2.05) is 0 Å². The number of nitrogens with zero attached hydrogens (tertiary/aromatic N) is 1. The van der Waals surface area contributed by atoms with Crippen molar-refractivity contribution in [3.63, 3.8) is 0 Å². The number of benzene rings is 1. The third-order valence-electron chi connectivity index (χ3n) is 3.97. The van der Waals surface area contributed by atoms with Crippen LogP contribution >= 0.6 is 0 Å². The standard InChI is InChI=1S/C16H25N/c1-3-13-17(2)16-11-9-15(10-12-16)14-7-5-4-6-8-14/h9-12,14H,3-8,13H2,1-2H3. The van der Waals surface area contributed by atoms with E-state index in [0.29, 0.717) is 0 Å². The van der Waals surface area contributed by atoms with Gasteiger partial charge in [0, 0.05) is 19.3 Å². The number of rotatable bonds is 4. The lowest BCUT2D eigenvalue weighted by molar-refractivity contribution is 0.443. The van der Waals surface area contributed by atoms with Gasteiger partial charge in [0.25, 0.3) is 0 Å². The Bertz CT molecular complexity index is 322. The molecule has 0 aromatic heterocycles. The molecule has 1 nitrogen and oxygen atoms in total. The van der Waals surface area contributed by atoms with Gasteiger partial charge in [0.1, 0.15) is 0 Å². The molecule has 1 aromatic carbocycles. The third kappa shape index (κ3) is 3.24. The van der Waals surface area contributed by atoms with Crippen LogP contribution < -0.4 is 4.90 Å². The first kappa shape index (κ1) is 12.5. The van der Waals surface area contributed by atoms with Gasteiger partial charge in [-0.15, -0.1) is 0 Å². The highest BCUT2D eigenvalue weighted by Gasteiger charge is 2.15. The van der Waals surface area contributed by atoms with Crippen LogP contribution in [0.2, 0.25) is 0 Å². The fourth-order valence-corrected chi connectivity index (χ4v) is 2.90. The Kier molecular flexibility index (Phi) is 4.47. The minimum absolute atomic E-state index is 0.828. The molecule has 1 aliphatic rings. The van der Waals surface area contributed by atoms with E-state index in [9.17, 15) is 0 Å². The zero-order valence-electron chi connectivity index (χ0n) is 11.3. The average Bonchev–Trinajstić information content (AvgIpc) is 2.40. The highest BCUT2D eigenvalue weighted by Crippen LogP contribution is 2.33. The highest BCUT2D eigenvalue weighted by atomic mass is 15.1. The van der Waals surface area contributed by atoms with E-state index in [0.717, 1.165) is 12.5 Å². The summed E-state index contributed by atoms with van der Waals surface area (Å²) in [5.41, 5.74) is 2.91. The van der Waals surface area contributed by atoms with Gasteiger partial charge in [-0.2, -0.15) is 0 Å². The maximum Gasteiger partial charge on any atom is 0.0363 e. The van der Waals surface area contributed by atoms with Crippen LogP contribution in [0.4, 0.5) is 5.69 Å². The van der Waals surface area contributed by atoms with E-state index in [-0.39, 0.29) is 0 Å². The summed E-state index contributed by atoms with van der Waals surface area (Å²) in [5.74, 6) is 0.828. The van der Waals surface area contributed by atoms with Crippen molar-refractivity contribution in [1.82, 2.24) is 0 Å². The lowest BCUT2D eigenvalue weighted by Crippen LogP contribution is -2.17. The topological polar surface area (TPSA) is 3.24 Å². The predicted molar refractivity (Wildman–Crippen MR) is 75.8 cm³/mol. The molecule has 0 N–H and O–H groups in total. The van der Waals surface area contributed by atoms with Crippen molar-refractivity contribution in [3.8, 4) is 0 Å². The molecule has 0 atom stereocenters. The molecule has 0 aliphatic heterocycles. The van der Waals surface area contributed by atoms with Gasteiger partial charge in [-0.3, -0.25) is 0 Å². The molecule has 1 aromatic rings. The molecule has 1 saturated carbocycles. The molecular weight excluding hydrogens is 206 g/mol. The second-order valence-electron chi connectivity index (χ2n) is 5.35. The molecule has 0 unspecified atom stereocenters. The SMILES string of the molecule is CCCN(C)c1ccc(C2CCCCC2)cc1. The van der Waals surface area contributed by atoms with Crippen LogP contribution in [-0.2, 0) is 0 Å². The maximum atomic E-state index is 2.34. The molecule has 0 spiro atoms. The lowest BCUT2D eigenvalue weighted by Gasteiger charge is -2.23. The fourth-order valence-electron chi connectivity index (χ4n) is 2.90.